The molecular formula is C19H21N5O. The summed E-state index contributed by atoms with van der Waals surface area (Å²) in [5.41, 5.74) is 3.08. The molecule has 128 valence electrons. The van der Waals surface area contributed by atoms with Gasteiger partial charge >= 0.3 is 0 Å². The van der Waals surface area contributed by atoms with E-state index in [0.717, 1.165) is 49.8 Å². The van der Waals surface area contributed by atoms with Gasteiger partial charge in [-0.05, 0) is 24.3 Å². The van der Waals surface area contributed by atoms with Gasteiger partial charge in [-0.15, -0.1) is 5.10 Å². The molecule has 0 radical (unpaired) electrons. The molecule has 1 fully saturated rings. The Morgan fingerprint density at radius 3 is 2.40 bits per heavy atom. The molecule has 1 aliphatic heterocycles. The van der Waals surface area contributed by atoms with Crippen LogP contribution in [0.4, 0.5) is 5.69 Å². The lowest BCUT2D eigenvalue weighted by Gasteiger charge is -2.35. The molecule has 3 aromatic rings. The largest absolute Gasteiger partial charge is 0.508 e. The van der Waals surface area contributed by atoms with Crippen LogP contribution in [-0.4, -0.2) is 51.2 Å². The van der Waals surface area contributed by atoms with Gasteiger partial charge in [0.1, 0.15) is 5.75 Å². The first-order valence-corrected chi connectivity index (χ1v) is 8.51. The molecule has 1 aliphatic rings. The molecule has 0 saturated carbocycles. The molecule has 4 rings (SSSR count). The zero-order chi connectivity index (χ0) is 17.1. The molecule has 25 heavy (non-hydrogen) atoms. The number of benzene rings is 2. The first kappa shape index (κ1) is 15.7. The number of nitrogens with zero attached hydrogens (tertiary/aromatic N) is 5. The number of anilines is 1. The Morgan fingerprint density at radius 1 is 0.880 bits per heavy atom. The molecular weight excluding hydrogens is 314 g/mol. The Balaban J connectivity index is 1.35. The van der Waals surface area contributed by atoms with Crippen LogP contribution in [0.25, 0.3) is 5.69 Å². The second kappa shape index (κ2) is 6.94. The van der Waals surface area contributed by atoms with Crippen molar-refractivity contribution in [3.05, 3.63) is 66.5 Å². The number of hydrogen-bond donors (Lipinski definition) is 1. The molecule has 1 saturated heterocycles. The summed E-state index contributed by atoms with van der Waals surface area (Å²) in [5, 5.41) is 18.2. The Morgan fingerprint density at radius 2 is 1.64 bits per heavy atom. The van der Waals surface area contributed by atoms with E-state index in [1.807, 2.05) is 59.4 Å². The highest BCUT2D eigenvalue weighted by Gasteiger charge is 2.18. The van der Waals surface area contributed by atoms with Crippen molar-refractivity contribution in [2.45, 2.75) is 6.54 Å². The van der Waals surface area contributed by atoms with Crippen LogP contribution in [0.3, 0.4) is 0 Å². The average molecular weight is 335 g/mol. The number of para-hydroxylation sites is 1. The first-order chi connectivity index (χ1) is 12.3. The molecule has 6 nitrogen and oxygen atoms in total. The summed E-state index contributed by atoms with van der Waals surface area (Å²) in [6, 6.07) is 17.5. The van der Waals surface area contributed by atoms with E-state index in [0.29, 0.717) is 5.75 Å². The van der Waals surface area contributed by atoms with Gasteiger partial charge < -0.3 is 10.0 Å². The van der Waals surface area contributed by atoms with Gasteiger partial charge in [-0.3, -0.25) is 4.90 Å². The maximum Gasteiger partial charge on any atom is 0.117 e. The standard InChI is InChI=1S/C19H21N5O/c25-19-8-4-7-18(13-19)23-11-9-22(10-12-23)14-16-15-24(21-20-16)17-5-2-1-3-6-17/h1-8,13,15,25H,9-12,14H2. The van der Waals surface area contributed by atoms with Gasteiger partial charge in [0.2, 0.25) is 0 Å². The molecule has 2 aromatic carbocycles. The van der Waals surface area contributed by atoms with Gasteiger partial charge in [0.15, 0.2) is 0 Å². The lowest BCUT2D eigenvalue weighted by atomic mass is 10.2. The van der Waals surface area contributed by atoms with Crippen molar-refractivity contribution in [2.24, 2.45) is 0 Å². The van der Waals surface area contributed by atoms with Gasteiger partial charge in [0.25, 0.3) is 0 Å². The summed E-state index contributed by atoms with van der Waals surface area (Å²) < 4.78 is 1.82. The third-order valence-electron chi connectivity index (χ3n) is 4.51. The molecule has 0 bridgehead atoms. The second-order valence-electron chi connectivity index (χ2n) is 6.27. The molecule has 0 amide bonds. The molecule has 1 N–H and O–H groups in total. The lowest BCUT2D eigenvalue weighted by Crippen LogP contribution is -2.46. The highest BCUT2D eigenvalue weighted by Crippen LogP contribution is 2.21. The monoisotopic (exact) mass is 335 g/mol. The Hall–Kier alpha value is -2.86. The third-order valence-corrected chi connectivity index (χ3v) is 4.51. The van der Waals surface area contributed by atoms with Gasteiger partial charge in [-0.2, -0.15) is 0 Å². The van der Waals surface area contributed by atoms with Gasteiger partial charge in [0.05, 0.1) is 17.6 Å². The number of piperazine rings is 1. The van der Waals surface area contributed by atoms with Crippen molar-refractivity contribution in [3.63, 3.8) is 0 Å². The van der Waals surface area contributed by atoms with Crippen LogP contribution in [0, 0.1) is 0 Å². The predicted molar refractivity (Wildman–Crippen MR) is 97.0 cm³/mol. The minimum Gasteiger partial charge on any atom is -0.508 e. The smallest absolute Gasteiger partial charge is 0.117 e. The van der Waals surface area contributed by atoms with Crippen molar-refractivity contribution in [2.75, 3.05) is 31.1 Å². The fourth-order valence-electron chi connectivity index (χ4n) is 3.16. The molecule has 0 spiro atoms. The number of aromatic hydroxyl groups is 1. The highest BCUT2D eigenvalue weighted by atomic mass is 16.3. The summed E-state index contributed by atoms with van der Waals surface area (Å²) in [6.07, 6.45) is 2.00. The fraction of sp³-hybridized carbons (Fsp3) is 0.263. The number of phenols is 1. The van der Waals surface area contributed by atoms with Crippen molar-refractivity contribution in [1.29, 1.82) is 0 Å². The molecule has 2 heterocycles. The summed E-state index contributed by atoms with van der Waals surface area (Å²) in [7, 11) is 0. The summed E-state index contributed by atoms with van der Waals surface area (Å²) in [6.45, 7) is 4.62. The summed E-state index contributed by atoms with van der Waals surface area (Å²) in [4.78, 5) is 4.69. The first-order valence-electron chi connectivity index (χ1n) is 8.51. The van der Waals surface area contributed by atoms with Gasteiger partial charge in [-0.25, -0.2) is 4.68 Å². The SMILES string of the molecule is Oc1cccc(N2CCN(Cc3cn(-c4ccccc4)nn3)CC2)c1. The average Bonchev–Trinajstić information content (AvgIpc) is 3.12. The van der Waals surface area contributed by atoms with Crippen LogP contribution in [0.5, 0.6) is 5.75 Å². The maximum absolute atomic E-state index is 9.63. The van der Waals surface area contributed by atoms with E-state index in [1.54, 1.807) is 6.07 Å². The minimum atomic E-state index is 0.317. The van der Waals surface area contributed by atoms with E-state index in [1.165, 1.54) is 0 Å². The van der Waals surface area contributed by atoms with Crippen LogP contribution < -0.4 is 4.90 Å². The predicted octanol–water partition coefficient (Wildman–Crippen LogP) is 2.30. The quantitative estimate of drug-likeness (QED) is 0.793. The number of phenolic OH excluding ortho intramolecular Hbond substituents is 1. The van der Waals surface area contributed by atoms with E-state index >= 15 is 0 Å². The lowest BCUT2D eigenvalue weighted by molar-refractivity contribution is 0.247. The minimum absolute atomic E-state index is 0.317. The molecule has 0 aliphatic carbocycles. The third kappa shape index (κ3) is 3.64. The van der Waals surface area contributed by atoms with Crippen LogP contribution in [0.1, 0.15) is 5.69 Å². The van der Waals surface area contributed by atoms with Crippen molar-refractivity contribution < 1.29 is 5.11 Å². The Labute approximate surface area is 146 Å². The highest BCUT2D eigenvalue weighted by molar-refractivity contribution is 5.50. The van der Waals surface area contributed by atoms with Crippen LogP contribution in [0.15, 0.2) is 60.8 Å². The fourth-order valence-corrected chi connectivity index (χ4v) is 3.16. The van der Waals surface area contributed by atoms with E-state index < -0.39 is 0 Å². The van der Waals surface area contributed by atoms with Crippen LogP contribution >= 0.6 is 0 Å². The number of hydrogen-bond acceptors (Lipinski definition) is 5. The maximum atomic E-state index is 9.63. The van der Waals surface area contributed by atoms with Gasteiger partial charge in [-0.1, -0.05) is 29.5 Å². The molecule has 0 unspecified atom stereocenters. The van der Waals surface area contributed by atoms with E-state index in [-0.39, 0.29) is 0 Å². The second-order valence-corrected chi connectivity index (χ2v) is 6.27. The number of rotatable bonds is 4. The van der Waals surface area contributed by atoms with Crippen molar-refractivity contribution in [1.82, 2.24) is 19.9 Å². The summed E-state index contributed by atoms with van der Waals surface area (Å²) in [5.74, 6) is 0.317. The van der Waals surface area contributed by atoms with E-state index in [9.17, 15) is 5.11 Å². The molecule has 1 aromatic heterocycles. The van der Waals surface area contributed by atoms with Gasteiger partial charge in [0, 0.05) is 44.5 Å². The normalized spacial score (nSPS) is 15.4. The Kier molecular flexibility index (Phi) is 4.35. The molecule has 6 heteroatoms. The topological polar surface area (TPSA) is 57.4 Å². The number of aromatic nitrogens is 3. The zero-order valence-electron chi connectivity index (χ0n) is 14.0. The van der Waals surface area contributed by atoms with E-state index in [4.69, 9.17) is 0 Å². The Bertz CT molecular complexity index is 825. The van der Waals surface area contributed by atoms with Crippen molar-refractivity contribution in [3.8, 4) is 11.4 Å². The summed E-state index contributed by atoms with van der Waals surface area (Å²) >= 11 is 0. The van der Waals surface area contributed by atoms with E-state index in [2.05, 4.69) is 20.1 Å². The van der Waals surface area contributed by atoms with Crippen LogP contribution in [0.2, 0.25) is 0 Å². The zero-order valence-corrected chi connectivity index (χ0v) is 14.0. The van der Waals surface area contributed by atoms with Crippen LogP contribution in [-0.2, 0) is 6.54 Å². The van der Waals surface area contributed by atoms with Crippen molar-refractivity contribution >= 4 is 5.69 Å². The molecule has 0 atom stereocenters.